The molecular formula is C30H15N10O6S2-. The van der Waals surface area contributed by atoms with Crippen LogP contribution in [0.5, 0.6) is 5.75 Å². The third-order valence-electron chi connectivity index (χ3n) is 7.75. The molecule has 1 unspecified atom stereocenters. The van der Waals surface area contributed by atoms with E-state index in [1.54, 1.807) is 42.7 Å². The second-order valence-electron chi connectivity index (χ2n) is 10.6. The summed E-state index contributed by atoms with van der Waals surface area (Å²) in [6, 6.07) is 15.7. The van der Waals surface area contributed by atoms with E-state index in [0.29, 0.717) is 61.0 Å². The number of hydrogen-bond acceptors (Lipinski definition) is 13. The summed E-state index contributed by atoms with van der Waals surface area (Å²) in [5.74, 6) is 0.972. The molecule has 16 nitrogen and oxygen atoms in total. The number of aromatic nitrogens is 10. The molecule has 2 aromatic carbocycles. The molecule has 2 aliphatic heterocycles. The van der Waals surface area contributed by atoms with E-state index in [-0.39, 0.29) is 39.6 Å². The van der Waals surface area contributed by atoms with E-state index in [2.05, 4.69) is 19.9 Å². The van der Waals surface area contributed by atoms with Gasteiger partial charge in [0.1, 0.15) is 51.1 Å². The van der Waals surface area contributed by atoms with Crippen LogP contribution < -0.4 is 4.18 Å². The average molecular weight is 676 g/mol. The van der Waals surface area contributed by atoms with Gasteiger partial charge in [-0.1, -0.05) is 0 Å². The first-order valence-electron chi connectivity index (χ1n) is 14.0. The fourth-order valence-electron chi connectivity index (χ4n) is 5.69. The zero-order chi connectivity index (χ0) is 32.7. The van der Waals surface area contributed by atoms with E-state index in [9.17, 15) is 21.7 Å². The number of benzene rings is 2. The molecule has 2 aliphatic rings. The Morgan fingerprint density at radius 1 is 0.646 bits per heavy atom. The minimum absolute atomic E-state index is 0.0615. The first kappa shape index (κ1) is 28.2. The molecule has 48 heavy (non-hydrogen) atoms. The number of H-pyrrole nitrogens is 2. The van der Waals surface area contributed by atoms with E-state index < -0.39 is 21.5 Å². The van der Waals surface area contributed by atoms with Gasteiger partial charge in [0.25, 0.3) is 10.1 Å². The summed E-state index contributed by atoms with van der Waals surface area (Å²) in [5, 5.41) is 1.89. The maximum absolute atomic E-state index is 12.1. The van der Waals surface area contributed by atoms with Gasteiger partial charge in [-0.2, -0.15) is 8.42 Å². The van der Waals surface area contributed by atoms with E-state index in [0.717, 1.165) is 0 Å². The van der Waals surface area contributed by atoms with Crippen molar-refractivity contribution in [3.05, 3.63) is 73.1 Å². The third kappa shape index (κ3) is 4.50. The van der Waals surface area contributed by atoms with Crippen molar-refractivity contribution in [1.82, 2.24) is 49.8 Å². The Hall–Kier alpha value is -6.08. The molecule has 5 aromatic heterocycles. The molecule has 0 radical (unpaired) electrons. The van der Waals surface area contributed by atoms with Crippen LogP contribution in [0.25, 0.3) is 89.9 Å². The molecule has 1 atom stereocenters. The monoisotopic (exact) mass is 675 g/mol. The van der Waals surface area contributed by atoms with Gasteiger partial charge < -0.3 is 18.7 Å². The molecule has 0 saturated heterocycles. The summed E-state index contributed by atoms with van der Waals surface area (Å²) in [6.07, 6.45) is 3.17. The average Bonchev–Trinajstić information content (AvgIpc) is 3.79. The molecule has 8 bridgehead atoms. The summed E-state index contributed by atoms with van der Waals surface area (Å²) in [7, 11) is -4.54. The Morgan fingerprint density at radius 2 is 1.15 bits per heavy atom. The van der Waals surface area contributed by atoms with Crippen LogP contribution >= 0.6 is 0 Å². The van der Waals surface area contributed by atoms with Crippen LogP contribution in [-0.4, -0.2) is 71.6 Å². The van der Waals surface area contributed by atoms with Gasteiger partial charge in [-0.25, -0.2) is 34.1 Å². The lowest BCUT2D eigenvalue weighted by atomic mass is 10.2. The highest BCUT2D eigenvalue weighted by Gasteiger charge is 2.24. The van der Waals surface area contributed by atoms with Crippen molar-refractivity contribution in [3.8, 4) is 51.6 Å². The molecule has 0 spiro atoms. The number of nitrogens with zero attached hydrogens (tertiary/aromatic N) is 8. The van der Waals surface area contributed by atoms with Crippen molar-refractivity contribution in [1.29, 1.82) is 0 Å². The lowest BCUT2D eigenvalue weighted by Crippen LogP contribution is -1.97. The van der Waals surface area contributed by atoms with E-state index >= 15 is 0 Å². The first-order chi connectivity index (χ1) is 23.2. The molecule has 7 aromatic rings. The molecule has 0 amide bonds. The van der Waals surface area contributed by atoms with Crippen molar-refractivity contribution in [3.63, 3.8) is 0 Å². The second-order valence-corrected chi connectivity index (χ2v) is 12.6. The fraction of sp³-hybridized carbons (Fsp3) is 0. The smallest absolute Gasteiger partial charge is 0.294 e. The number of fused-ring (bicyclic) bond motifs is 20. The molecule has 0 saturated carbocycles. The highest BCUT2D eigenvalue weighted by Crippen LogP contribution is 2.36. The third-order valence-corrected chi connectivity index (χ3v) is 8.93. The van der Waals surface area contributed by atoms with Gasteiger partial charge in [-0.3, -0.25) is 14.5 Å². The van der Waals surface area contributed by atoms with Gasteiger partial charge in [0.15, 0.2) is 23.3 Å². The zero-order valence-electron chi connectivity index (χ0n) is 23.8. The van der Waals surface area contributed by atoms with Crippen molar-refractivity contribution in [2.75, 3.05) is 0 Å². The Labute approximate surface area is 270 Å². The van der Waals surface area contributed by atoms with Crippen molar-refractivity contribution in [2.24, 2.45) is 0 Å². The molecule has 18 heteroatoms. The minimum atomic E-state index is -4.54. The summed E-state index contributed by atoms with van der Waals surface area (Å²) in [5.41, 5.74) is 3.12. The second kappa shape index (κ2) is 10.2. The Balaban J connectivity index is 1.47. The van der Waals surface area contributed by atoms with Crippen LogP contribution in [0.3, 0.4) is 0 Å². The van der Waals surface area contributed by atoms with E-state index in [4.69, 9.17) is 34.1 Å². The summed E-state index contributed by atoms with van der Waals surface area (Å²) < 4.78 is 61.5. The van der Waals surface area contributed by atoms with Gasteiger partial charge in [0.2, 0.25) is 0 Å². The van der Waals surface area contributed by atoms with Crippen LogP contribution in [0, 0.1) is 0 Å². The number of rotatable bonds is 3. The zero-order valence-corrected chi connectivity index (χ0v) is 25.4. The molecule has 3 N–H and O–H groups in total. The number of pyridine rings is 2. The first-order valence-corrected chi connectivity index (χ1v) is 16.4. The molecule has 0 aliphatic carbocycles. The Kier molecular flexibility index (Phi) is 5.99. The highest BCUT2D eigenvalue weighted by atomic mass is 32.2. The van der Waals surface area contributed by atoms with Gasteiger partial charge in [-0.15, -0.1) is 0 Å². The Morgan fingerprint density at radius 3 is 1.69 bits per heavy atom. The largest absolute Gasteiger partial charge is 0.740 e. The highest BCUT2D eigenvalue weighted by molar-refractivity contribution is 7.85. The van der Waals surface area contributed by atoms with Crippen LogP contribution in [0.4, 0.5) is 0 Å². The lowest BCUT2D eigenvalue weighted by Gasteiger charge is -2.06. The van der Waals surface area contributed by atoms with Gasteiger partial charge >= 0.3 is 0 Å². The number of hydrogen-bond donors (Lipinski definition) is 3. The summed E-state index contributed by atoms with van der Waals surface area (Å²) in [6.45, 7) is 0. The van der Waals surface area contributed by atoms with Crippen LogP contribution in [0.15, 0.2) is 78.0 Å². The van der Waals surface area contributed by atoms with Gasteiger partial charge in [0, 0.05) is 45.1 Å². The van der Waals surface area contributed by atoms with E-state index in [1.807, 2.05) is 0 Å². The van der Waals surface area contributed by atoms with Crippen LogP contribution in [-0.2, 0) is 21.5 Å². The van der Waals surface area contributed by atoms with Gasteiger partial charge in [0.05, 0.1) is 4.90 Å². The molecule has 7 heterocycles. The molecular weight excluding hydrogens is 661 g/mol. The van der Waals surface area contributed by atoms with Crippen molar-refractivity contribution in [2.45, 2.75) is 4.90 Å². The van der Waals surface area contributed by atoms with Crippen LogP contribution in [0.2, 0.25) is 0 Å². The van der Waals surface area contributed by atoms with Crippen molar-refractivity contribution < 1.29 is 25.9 Å². The molecule has 234 valence electrons. The topological polar surface area (TPSA) is 238 Å². The summed E-state index contributed by atoms with van der Waals surface area (Å²) in [4.78, 5) is 43.6. The summed E-state index contributed by atoms with van der Waals surface area (Å²) >= 11 is -2.81. The fourth-order valence-corrected chi connectivity index (χ4v) is 6.46. The standard InChI is InChI=1S/C30H16N10O6S2/c41-47(42)46-13-5-7-15-19(11-13)27-35-23(15)33-25-18-4-2-10-32-22(18)30(38-25)40-28-20-12-14(48(43,44)45)6-8-16(20)24(36-28)34-26-17-3-1-9-31-21(17)29(37-26)39-27/h1-12H,(H,41,42)(H,43,44,45)(H2,33,34,35,36,37,38,39,40)/p-1. The number of nitrogens with one attached hydrogen (secondary N) is 2. The minimum Gasteiger partial charge on any atom is -0.740 e. The predicted molar refractivity (Wildman–Crippen MR) is 171 cm³/mol. The van der Waals surface area contributed by atoms with Gasteiger partial charge in [-0.05, 0) is 60.7 Å². The molecule has 9 rings (SSSR count). The van der Waals surface area contributed by atoms with Crippen molar-refractivity contribution >= 4 is 65.6 Å². The quantitative estimate of drug-likeness (QED) is 0.177. The maximum atomic E-state index is 12.1. The van der Waals surface area contributed by atoms with Crippen LogP contribution in [0.1, 0.15) is 0 Å². The Bertz CT molecular complexity index is 2850. The SMILES string of the molecule is O=S([O-])Oc1ccc2c3nc4nc(nc5[nH]c(nc6nc(nc([nH]3)c2c1)-c1ncccc1-6)c1ccc(S(=O)(=O)O)cc51)-c1ncccc1-4. The van der Waals surface area contributed by atoms with E-state index in [1.165, 1.54) is 30.3 Å². The maximum Gasteiger partial charge on any atom is 0.294 e. The number of aromatic amines is 2. The predicted octanol–water partition coefficient (Wildman–Crippen LogP) is 4.08. The lowest BCUT2D eigenvalue weighted by molar-refractivity contribution is 0.440. The normalized spacial score (nSPS) is 13.0. The molecule has 0 fully saturated rings.